The van der Waals surface area contributed by atoms with Crippen molar-refractivity contribution in [3.8, 4) is 5.75 Å². The largest absolute Gasteiger partial charge is 0.490 e. The minimum atomic E-state index is -4.59. The third-order valence-electron chi connectivity index (χ3n) is 5.65. The molecule has 5 nitrogen and oxygen atoms in total. The van der Waals surface area contributed by atoms with E-state index >= 15 is 0 Å². The Morgan fingerprint density at radius 2 is 1.52 bits per heavy atom. The van der Waals surface area contributed by atoms with Crippen LogP contribution in [0.15, 0.2) is 54.7 Å². The monoisotopic (exact) mass is 456 g/mol. The number of anilines is 4. The standard InChI is InChI=1S/C25H27F3N4O/c1-16(2)17-7-9-19(10-8-17)31-24-29-15-22(25(26,27)28)23(32-24)30-18-11-13-21(14-12-18)33-20-5-3-4-6-20/h7-16,20H,3-6H2,1-2H3,(H2,29,30,31,32). The van der Waals surface area contributed by atoms with Gasteiger partial charge in [0.1, 0.15) is 17.1 Å². The number of nitrogens with zero attached hydrogens (tertiary/aromatic N) is 2. The molecule has 2 aromatic carbocycles. The van der Waals surface area contributed by atoms with E-state index in [1.165, 1.54) is 0 Å². The van der Waals surface area contributed by atoms with E-state index in [2.05, 4.69) is 34.4 Å². The molecule has 0 spiro atoms. The summed E-state index contributed by atoms with van der Waals surface area (Å²) in [4.78, 5) is 7.98. The van der Waals surface area contributed by atoms with Gasteiger partial charge in [0.15, 0.2) is 0 Å². The van der Waals surface area contributed by atoms with E-state index in [9.17, 15) is 13.2 Å². The molecule has 0 radical (unpaired) electrons. The van der Waals surface area contributed by atoms with Gasteiger partial charge in [0, 0.05) is 17.6 Å². The van der Waals surface area contributed by atoms with Crippen molar-refractivity contribution in [3.05, 3.63) is 65.9 Å². The number of halogens is 3. The van der Waals surface area contributed by atoms with Crippen molar-refractivity contribution >= 4 is 23.1 Å². The molecule has 1 saturated carbocycles. The molecule has 33 heavy (non-hydrogen) atoms. The molecule has 4 rings (SSSR count). The molecule has 174 valence electrons. The maximum Gasteiger partial charge on any atom is 0.421 e. The highest BCUT2D eigenvalue weighted by Gasteiger charge is 2.35. The summed E-state index contributed by atoms with van der Waals surface area (Å²) in [6.07, 6.45) is 0.805. The van der Waals surface area contributed by atoms with E-state index in [4.69, 9.17) is 4.74 Å². The lowest BCUT2D eigenvalue weighted by Crippen LogP contribution is -2.13. The van der Waals surface area contributed by atoms with Crippen LogP contribution in [0.25, 0.3) is 0 Å². The molecule has 0 aliphatic heterocycles. The summed E-state index contributed by atoms with van der Waals surface area (Å²) in [5, 5.41) is 5.76. The summed E-state index contributed by atoms with van der Waals surface area (Å²) >= 11 is 0. The van der Waals surface area contributed by atoms with E-state index in [0.717, 1.165) is 37.4 Å². The lowest BCUT2D eigenvalue weighted by Gasteiger charge is -2.16. The molecule has 0 unspecified atom stereocenters. The van der Waals surface area contributed by atoms with Crippen molar-refractivity contribution in [3.63, 3.8) is 0 Å². The fourth-order valence-electron chi connectivity index (χ4n) is 3.78. The van der Waals surface area contributed by atoms with Crippen LogP contribution in [0.4, 0.5) is 36.3 Å². The number of ether oxygens (including phenoxy) is 1. The van der Waals surface area contributed by atoms with Gasteiger partial charge in [-0.1, -0.05) is 26.0 Å². The number of nitrogens with one attached hydrogen (secondary N) is 2. The number of hydrogen-bond donors (Lipinski definition) is 2. The quantitative estimate of drug-likeness (QED) is 0.387. The van der Waals surface area contributed by atoms with Crippen LogP contribution in [0.1, 0.15) is 56.6 Å². The summed E-state index contributed by atoms with van der Waals surface area (Å²) in [5.74, 6) is 0.845. The van der Waals surface area contributed by atoms with Gasteiger partial charge in [-0.25, -0.2) is 4.98 Å². The van der Waals surface area contributed by atoms with E-state index in [1.807, 2.05) is 24.3 Å². The predicted molar refractivity (Wildman–Crippen MR) is 123 cm³/mol. The van der Waals surface area contributed by atoms with E-state index in [0.29, 0.717) is 23.0 Å². The van der Waals surface area contributed by atoms with Crippen molar-refractivity contribution in [1.29, 1.82) is 0 Å². The van der Waals surface area contributed by atoms with E-state index in [-0.39, 0.29) is 17.9 Å². The minimum Gasteiger partial charge on any atom is -0.490 e. The Bertz CT molecular complexity index is 1060. The Morgan fingerprint density at radius 1 is 0.909 bits per heavy atom. The van der Waals surface area contributed by atoms with Crippen LogP contribution in [0.2, 0.25) is 0 Å². The second kappa shape index (κ2) is 9.68. The van der Waals surface area contributed by atoms with Crippen LogP contribution < -0.4 is 15.4 Å². The van der Waals surface area contributed by atoms with Crippen molar-refractivity contribution in [1.82, 2.24) is 9.97 Å². The average Bonchev–Trinajstić information content (AvgIpc) is 3.28. The highest BCUT2D eigenvalue weighted by atomic mass is 19.4. The van der Waals surface area contributed by atoms with E-state index < -0.39 is 11.7 Å². The Labute approximate surface area is 191 Å². The fraction of sp³-hybridized carbons (Fsp3) is 0.360. The molecule has 0 amide bonds. The second-order valence-electron chi connectivity index (χ2n) is 8.53. The smallest absolute Gasteiger partial charge is 0.421 e. The molecular formula is C25H27F3N4O. The highest BCUT2D eigenvalue weighted by molar-refractivity contribution is 5.63. The Hall–Kier alpha value is -3.29. The molecule has 1 aliphatic carbocycles. The zero-order valence-corrected chi connectivity index (χ0v) is 18.6. The van der Waals surface area contributed by atoms with Crippen LogP contribution in [0.5, 0.6) is 5.75 Å². The SMILES string of the molecule is CC(C)c1ccc(Nc2ncc(C(F)(F)F)c(Nc3ccc(OC4CCCC4)cc3)n2)cc1. The summed E-state index contributed by atoms with van der Waals surface area (Å²) in [6.45, 7) is 4.18. The summed E-state index contributed by atoms with van der Waals surface area (Å²) < 4.78 is 46.6. The van der Waals surface area contributed by atoms with Gasteiger partial charge in [-0.3, -0.25) is 0 Å². The van der Waals surface area contributed by atoms with Gasteiger partial charge in [-0.15, -0.1) is 0 Å². The molecule has 2 N–H and O–H groups in total. The van der Waals surface area contributed by atoms with Crippen LogP contribution in [0.3, 0.4) is 0 Å². The van der Waals surface area contributed by atoms with Crippen LogP contribution in [-0.4, -0.2) is 16.1 Å². The molecular weight excluding hydrogens is 429 g/mol. The lowest BCUT2D eigenvalue weighted by atomic mass is 10.0. The van der Waals surface area contributed by atoms with E-state index in [1.54, 1.807) is 24.3 Å². The number of alkyl halides is 3. The first kappa shape index (κ1) is 22.9. The Balaban J connectivity index is 1.52. The lowest BCUT2D eigenvalue weighted by molar-refractivity contribution is -0.137. The molecule has 1 fully saturated rings. The zero-order chi connectivity index (χ0) is 23.4. The van der Waals surface area contributed by atoms with Gasteiger partial charge in [0.25, 0.3) is 0 Å². The Morgan fingerprint density at radius 3 is 2.12 bits per heavy atom. The zero-order valence-electron chi connectivity index (χ0n) is 18.6. The molecule has 0 atom stereocenters. The summed E-state index contributed by atoms with van der Waals surface area (Å²) in [7, 11) is 0. The molecule has 0 bridgehead atoms. The first-order chi connectivity index (χ1) is 15.8. The Kier molecular flexibility index (Phi) is 6.72. The van der Waals surface area contributed by atoms with Crippen molar-refractivity contribution < 1.29 is 17.9 Å². The van der Waals surface area contributed by atoms with Gasteiger partial charge in [0.05, 0.1) is 6.10 Å². The van der Waals surface area contributed by atoms with Crippen LogP contribution in [0, 0.1) is 0 Å². The number of benzene rings is 2. The normalized spacial score (nSPS) is 14.5. The summed E-state index contributed by atoms with van der Waals surface area (Å²) in [5.41, 5.74) is 1.40. The maximum atomic E-state index is 13.6. The molecule has 3 aromatic rings. The molecule has 1 heterocycles. The van der Waals surface area contributed by atoms with Crippen LogP contribution >= 0.6 is 0 Å². The second-order valence-corrected chi connectivity index (χ2v) is 8.53. The van der Waals surface area contributed by atoms with Gasteiger partial charge >= 0.3 is 6.18 Å². The summed E-state index contributed by atoms with van der Waals surface area (Å²) in [6, 6.07) is 14.5. The first-order valence-electron chi connectivity index (χ1n) is 11.1. The first-order valence-corrected chi connectivity index (χ1v) is 11.1. The highest BCUT2D eigenvalue weighted by Crippen LogP contribution is 2.36. The number of rotatable bonds is 7. The third kappa shape index (κ3) is 5.94. The van der Waals surface area contributed by atoms with Gasteiger partial charge in [0.2, 0.25) is 5.95 Å². The molecule has 1 aliphatic rings. The van der Waals surface area contributed by atoms with Crippen molar-refractivity contribution in [2.24, 2.45) is 0 Å². The molecule has 8 heteroatoms. The van der Waals surface area contributed by atoms with Crippen molar-refractivity contribution in [2.45, 2.75) is 57.7 Å². The van der Waals surface area contributed by atoms with Crippen molar-refractivity contribution in [2.75, 3.05) is 10.6 Å². The van der Waals surface area contributed by atoms with Gasteiger partial charge < -0.3 is 15.4 Å². The number of hydrogen-bond acceptors (Lipinski definition) is 5. The average molecular weight is 457 g/mol. The van der Waals surface area contributed by atoms with Gasteiger partial charge in [-0.2, -0.15) is 18.2 Å². The van der Waals surface area contributed by atoms with Gasteiger partial charge in [-0.05, 0) is 73.6 Å². The maximum absolute atomic E-state index is 13.6. The number of aromatic nitrogens is 2. The predicted octanol–water partition coefficient (Wildman–Crippen LogP) is 7.43. The topological polar surface area (TPSA) is 59.1 Å². The minimum absolute atomic E-state index is 0.0731. The molecule has 0 saturated heterocycles. The molecule has 1 aromatic heterocycles. The third-order valence-corrected chi connectivity index (χ3v) is 5.65. The fourth-order valence-corrected chi connectivity index (χ4v) is 3.78. The van der Waals surface area contributed by atoms with Crippen LogP contribution in [-0.2, 0) is 6.18 Å².